The Morgan fingerprint density at radius 3 is 2.67 bits per heavy atom. The largest absolute Gasteiger partial charge is 0.464 e. The minimum absolute atomic E-state index is 0.230. The van der Waals surface area contributed by atoms with E-state index in [-0.39, 0.29) is 6.04 Å². The molecule has 0 spiro atoms. The van der Waals surface area contributed by atoms with Gasteiger partial charge in [0, 0.05) is 12.4 Å². The van der Waals surface area contributed by atoms with Gasteiger partial charge in [0.25, 0.3) is 0 Å². The van der Waals surface area contributed by atoms with Crippen LogP contribution in [0.2, 0.25) is 0 Å². The number of hydrogen-bond acceptors (Lipinski definition) is 3. The molecule has 2 heterocycles. The highest BCUT2D eigenvalue weighted by Gasteiger charge is 2.12. The van der Waals surface area contributed by atoms with Crippen molar-refractivity contribution >= 4 is 0 Å². The molecule has 15 heavy (non-hydrogen) atoms. The second-order valence-electron chi connectivity index (χ2n) is 3.72. The second kappa shape index (κ2) is 3.87. The molecule has 0 aliphatic rings. The molecule has 0 saturated carbocycles. The first-order valence-electron chi connectivity index (χ1n) is 4.90. The molecule has 0 saturated heterocycles. The quantitative estimate of drug-likeness (QED) is 0.813. The van der Waals surface area contributed by atoms with Crippen LogP contribution in [0, 0.1) is 13.8 Å². The zero-order chi connectivity index (χ0) is 10.8. The van der Waals surface area contributed by atoms with Gasteiger partial charge >= 0.3 is 0 Å². The monoisotopic (exact) mass is 202 g/mol. The predicted octanol–water partition coefficient (Wildman–Crippen LogP) is 2.34. The summed E-state index contributed by atoms with van der Waals surface area (Å²) in [5.41, 5.74) is 8.14. The van der Waals surface area contributed by atoms with Gasteiger partial charge in [0.2, 0.25) is 0 Å². The summed E-state index contributed by atoms with van der Waals surface area (Å²) in [5.74, 6) is 1.65. The van der Waals surface area contributed by atoms with E-state index in [9.17, 15) is 0 Å². The van der Waals surface area contributed by atoms with Crippen molar-refractivity contribution in [3.63, 3.8) is 0 Å². The van der Waals surface area contributed by atoms with Crippen molar-refractivity contribution in [1.29, 1.82) is 0 Å². The van der Waals surface area contributed by atoms with E-state index >= 15 is 0 Å². The van der Waals surface area contributed by atoms with Gasteiger partial charge in [0.1, 0.15) is 11.5 Å². The molecule has 0 aliphatic carbocycles. The topological polar surface area (TPSA) is 52.0 Å². The maximum atomic E-state index is 6.06. The average Bonchev–Trinajstić information content (AvgIpc) is 2.64. The Morgan fingerprint density at radius 1 is 1.27 bits per heavy atom. The molecular weight excluding hydrogens is 188 g/mol. The van der Waals surface area contributed by atoms with Gasteiger partial charge < -0.3 is 10.2 Å². The van der Waals surface area contributed by atoms with Crippen LogP contribution in [0.4, 0.5) is 0 Å². The number of nitrogens with two attached hydrogens (primary N) is 1. The lowest BCUT2D eigenvalue weighted by molar-refractivity contribution is 0.466. The second-order valence-corrected chi connectivity index (χ2v) is 3.72. The van der Waals surface area contributed by atoms with Gasteiger partial charge in [-0.25, -0.2) is 0 Å². The van der Waals surface area contributed by atoms with Crippen LogP contribution in [0.15, 0.2) is 35.0 Å². The molecule has 2 N–H and O–H groups in total. The Morgan fingerprint density at radius 2 is 2.07 bits per heavy atom. The molecular formula is C12H14N2O. The summed E-state index contributed by atoms with van der Waals surface area (Å²) in [6.45, 7) is 3.90. The normalized spacial score (nSPS) is 12.7. The summed E-state index contributed by atoms with van der Waals surface area (Å²) in [4.78, 5) is 4.12. The third-order valence-corrected chi connectivity index (χ3v) is 2.32. The van der Waals surface area contributed by atoms with Gasteiger partial charge in [-0.15, -0.1) is 0 Å². The fourth-order valence-corrected chi connectivity index (χ4v) is 1.53. The van der Waals surface area contributed by atoms with Crippen molar-refractivity contribution in [3.8, 4) is 0 Å². The third kappa shape index (κ3) is 2.07. The van der Waals surface area contributed by atoms with Gasteiger partial charge in [-0.2, -0.15) is 0 Å². The molecule has 78 valence electrons. The van der Waals surface area contributed by atoms with Gasteiger partial charge in [-0.05, 0) is 37.1 Å². The Bertz CT molecular complexity index is 462. The van der Waals surface area contributed by atoms with Crippen molar-refractivity contribution in [1.82, 2.24) is 4.98 Å². The summed E-state index contributed by atoms with van der Waals surface area (Å²) in [5, 5.41) is 0. The van der Waals surface area contributed by atoms with E-state index in [1.54, 1.807) is 6.20 Å². The minimum Gasteiger partial charge on any atom is -0.464 e. The summed E-state index contributed by atoms with van der Waals surface area (Å²) in [6.07, 6.45) is 3.58. The molecule has 0 fully saturated rings. The van der Waals surface area contributed by atoms with E-state index in [2.05, 4.69) is 4.98 Å². The standard InChI is InChI=1S/C12H14N2O/c1-8-5-10(7-14-6-8)12(13)11-4-3-9(2)15-11/h3-7,12H,13H2,1-2H3. The lowest BCUT2D eigenvalue weighted by Crippen LogP contribution is -2.11. The minimum atomic E-state index is -0.230. The highest BCUT2D eigenvalue weighted by atomic mass is 16.3. The van der Waals surface area contributed by atoms with E-state index in [1.807, 2.05) is 38.2 Å². The fraction of sp³-hybridized carbons (Fsp3) is 0.250. The van der Waals surface area contributed by atoms with E-state index in [0.717, 1.165) is 22.6 Å². The van der Waals surface area contributed by atoms with Crippen molar-refractivity contribution in [2.24, 2.45) is 5.73 Å². The van der Waals surface area contributed by atoms with Crippen LogP contribution >= 0.6 is 0 Å². The summed E-state index contributed by atoms with van der Waals surface area (Å²) in [6, 6.07) is 5.61. The lowest BCUT2D eigenvalue weighted by Gasteiger charge is -2.08. The molecule has 2 aromatic heterocycles. The number of nitrogens with zero attached hydrogens (tertiary/aromatic N) is 1. The van der Waals surface area contributed by atoms with Crippen LogP contribution in [-0.4, -0.2) is 4.98 Å². The molecule has 1 atom stereocenters. The molecule has 0 radical (unpaired) electrons. The molecule has 3 nitrogen and oxygen atoms in total. The van der Waals surface area contributed by atoms with E-state index < -0.39 is 0 Å². The molecule has 3 heteroatoms. The zero-order valence-electron chi connectivity index (χ0n) is 8.90. The van der Waals surface area contributed by atoms with Crippen molar-refractivity contribution < 1.29 is 4.42 Å². The van der Waals surface area contributed by atoms with Crippen LogP contribution < -0.4 is 5.73 Å². The van der Waals surface area contributed by atoms with Gasteiger partial charge in [0.15, 0.2) is 0 Å². The molecule has 0 aromatic carbocycles. The van der Waals surface area contributed by atoms with E-state index in [1.165, 1.54) is 0 Å². The highest BCUT2D eigenvalue weighted by Crippen LogP contribution is 2.21. The summed E-state index contributed by atoms with van der Waals surface area (Å²) >= 11 is 0. The van der Waals surface area contributed by atoms with E-state index in [4.69, 9.17) is 10.2 Å². The van der Waals surface area contributed by atoms with Crippen LogP contribution in [0.3, 0.4) is 0 Å². The third-order valence-electron chi connectivity index (χ3n) is 2.32. The van der Waals surface area contributed by atoms with Crippen LogP contribution in [0.5, 0.6) is 0 Å². The number of aromatic nitrogens is 1. The number of furan rings is 1. The van der Waals surface area contributed by atoms with Crippen LogP contribution in [0.1, 0.15) is 28.7 Å². The number of rotatable bonds is 2. The molecule has 2 rings (SSSR count). The number of pyridine rings is 1. The Balaban J connectivity index is 2.32. The van der Waals surface area contributed by atoms with Gasteiger partial charge in [-0.3, -0.25) is 4.98 Å². The van der Waals surface area contributed by atoms with Crippen LogP contribution in [-0.2, 0) is 0 Å². The first-order valence-corrected chi connectivity index (χ1v) is 4.90. The fourth-order valence-electron chi connectivity index (χ4n) is 1.53. The Kier molecular flexibility index (Phi) is 2.56. The predicted molar refractivity (Wildman–Crippen MR) is 58.4 cm³/mol. The molecule has 0 bridgehead atoms. The van der Waals surface area contributed by atoms with Crippen molar-refractivity contribution in [2.45, 2.75) is 19.9 Å². The smallest absolute Gasteiger partial charge is 0.125 e. The number of aryl methyl sites for hydroxylation is 2. The highest BCUT2D eigenvalue weighted by molar-refractivity contribution is 5.26. The maximum Gasteiger partial charge on any atom is 0.125 e. The Labute approximate surface area is 88.9 Å². The molecule has 0 amide bonds. The summed E-state index contributed by atoms with van der Waals surface area (Å²) < 4.78 is 5.49. The SMILES string of the molecule is Cc1cncc(C(N)c2ccc(C)o2)c1. The average molecular weight is 202 g/mol. The van der Waals surface area contributed by atoms with E-state index in [0.29, 0.717) is 0 Å². The van der Waals surface area contributed by atoms with Gasteiger partial charge in [0.05, 0.1) is 6.04 Å². The summed E-state index contributed by atoms with van der Waals surface area (Å²) in [7, 11) is 0. The molecule has 0 aliphatic heterocycles. The first-order chi connectivity index (χ1) is 7.16. The van der Waals surface area contributed by atoms with Crippen molar-refractivity contribution in [3.05, 3.63) is 53.2 Å². The lowest BCUT2D eigenvalue weighted by atomic mass is 10.1. The van der Waals surface area contributed by atoms with Crippen LogP contribution in [0.25, 0.3) is 0 Å². The Hall–Kier alpha value is -1.61. The maximum absolute atomic E-state index is 6.06. The van der Waals surface area contributed by atoms with Gasteiger partial charge in [-0.1, -0.05) is 6.07 Å². The molecule has 1 unspecified atom stereocenters. The zero-order valence-corrected chi connectivity index (χ0v) is 8.90. The molecule has 2 aromatic rings. The number of hydrogen-bond donors (Lipinski definition) is 1. The van der Waals surface area contributed by atoms with Crippen molar-refractivity contribution in [2.75, 3.05) is 0 Å². The first kappa shape index (κ1) is 9.93.